The second-order valence-corrected chi connectivity index (χ2v) is 23.4. The van der Waals surface area contributed by atoms with E-state index in [2.05, 4.69) is 64.2 Å². The first kappa shape index (κ1) is 93.5. The molecule has 8 heterocycles. The smallest absolute Gasteiger partial charge is 0.373 e. The fraction of sp³-hybridized carbons (Fsp3) is 0.0899. The number of carbonyl (C=O) groups excluding carboxylic acids is 8. The van der Waals surface area contributed by atoms with Gasteiger partial charge in [-0.25, -0.2) is 33.9 Å². The van der Waals surface area contributed by atoms with Crippen LogP contribution in [0.4, 0.5) is 0 Å². The number of nitrogens with zero attached hydrogens (tertiary/aromatic N) is 4. The minimum Gasteiger partial charge on any atom is -0.508 e. The van der Waals surface area contributed by atoms with E-state index >= 15 is 0 Å². The number of rotatable bonds is 9. The maximum atomic E-state index is 10.9. The Labute approximate surface area is 681 Å². The van der Waals surface area contributed by atoms with E-state index in [1.807, 2.05) is 90.4 Å². The van der Waals surface area contributed by atoms with E-state index in [0.29, 0.717) is 55.2 Å². The Morgan fingerprint density at radius 2 is 0.933 bits per heavy atom. The maximum Gasteiger partial charge on any atom is 0.373 e. The first-order chi connectivity index (χ1) is 57.9. The first-order valence-corrected chi connectivity index (χ1v) is 34.9. The lowest BCUT2D eigenvalue weighted by Crippen LogP contribution is -2.17. The second kappa shape index (κ2) is 51.5. The van der Waals surface area contributed by atoms with E-state index < -0.39 is 29.8 Å². The van der Waals surface area contributed by atoms with Crippen molar-refractivity contribution in [3.8, 4) is 57.2 Å². The number of pyridine rings is 1. The number of furan rings is 3. The van der Waals surface area contributed by atoms with Crippen LogP contribution in [0.25, 0.3) is 49.7 Å². The standard InChI is InChI=1S/C13H10O3.C12H9NO3.C10H8N2O2.C9H9N.C9H8O4.C9H8O.C8H8O2.C8H6O.C7H8O3.4CO2/c14-12-7-5-10(6-8-12)9-1-3-11(4-2-9)13(15)16;14-12(15)10-7-4-8-13-11(10)16-9-5-2-1-3-6-9;13-10(14)8-1-3-9(4-2-8)12-6-5-11-7-12;1-10-7-6-8-4-2-3-5-9(8)10;10-9(11)6-2-1-3-7-8(6)13-5-4-12-7;1-7-6-10-9-5-3-2-4-8(7)9;1-2-4-8-7(3-1)9-5-6-10-8;1-2-4-8-7(3-1)5-6-9-8;1-4-3-6(7(8)9)5(2)10-4;4*2-1-3/h1-8,14H,(H,15,16);1-8H,(H,14,15);1-7H,(H,13,14);2-7H,1H3;1-3H,4-5H2,(H,10,11);2-6H,1H3;1-4H,5-6H2;1-6H;3H,1-2H3,(H,8,9);;;;. The summed E-state index contributed by atoms with van der Waals surface area (Å²) < 4.78 is 45.7. The highest BCUT2D eigenvalue weighted by Gasteiger charge is 2.20. The van der Waals surface area contributed by atoms with Crippen molar-refractivity contribution in [1.82, 2.24) is 19.1 Å². The molecule has 6 N–H and O–H groups in total. The Bertz CT molecular complexity index is 5650. The number of aromatic hydroxyl groups is 1. The van der Waals surface area contributed by atoms with Crippen LogP contribution in [0.1, 0.15) is 68.9 Å². The number of phenolic OH excluding ortho intramolecular Hbond substituents is 1. The SMILES string of the molecule is Cc1cc(C(=O)O)c(C)o1.Cc1coc2ccccc12.Cn1ccc2ccccc21.O=C(O)c1ccc(-c2ccc(O)cc2)cc1.O=C(O)c1ccc(-n2ccnc2)cc1.O=C(O)c1cccc2c1OCCO2.O=C(O)c1cccnc1Oc1ccccc1.O=C=O.O=C=O.O=C=O.O=C=O.c1ccc2c(c1)OCCO2.c1ccc2occc2c1. The lowest BCUT2D eigenvalue weighted by molar-refractivity contribution is -0.193. The van der Waals surface area contributed by atoms with Gasteiger partial charge in [0, 0.05) is 53.8 Å². The largest absolute Gasteiger partial charge is 0.508 e. The Morgan fingerprint density at radius 1 is 0.442 bits per heavy atom. The summed E-state index contributed by atoms with van der Waals surface area (Å²) in [5, 5.41) is 56.5. The van der Waals surface area contributed by atoms with Crippen LogP contribution in [0, 0.1) is 20.8 Å². The quantitative estimate of drug-likeness (QED) is 0.0781. The molecule has 0 spiro atoms. The molecule has 2 aliphatic rings. The van der Waals surface area contributed by atoms with E-state index in [0.717, 1.165) is 44.9 Å². The fourth-order valence-electron chi connectivity index (χ4n) is 10.2. The molecule has 0 atom stereocenters. The number of para-hydroxylation sites is 7. The highest BCUT2D eigenvalue weighted by molar-refractivity contribution is 5.93. The predicted molar refractivity (Wildman–Crippen MR) is 426 cm³/mol. The van der Waals surface area contributed by atoms with Crippen LogP contribution in [0.15, 0.2) is 306 Å². The second-order valence-electron chi connectivity index (χ2n) is 23.4. The number of carbonyl (C=O) groups is 5. The van der Waals surface area contributed by atoms with Crippen molar-refractivity contribution in [3.05, 3.63) is 337 Å². The van der Waals surface area contributed by atoms with E-state index in [1.54, 1.807) is 160 Å². The Kier molecular flexibility index (Phi) is 40.2. The summed E-state index contributed by atoms with van der Waals surface area (Å²) in [5.41, 5.74) is 8.18. The highest BCUT2D eigenvalue weighted by Crippen LogP contribution is 2.34. The Hall–Kier alpha value is -17.1. The van der Waals surface area contributed by atoms with Gasteiger partial charge in [-0.2, -0.15) is 38.4 Å². The average Bonchev–Trinajstić information content (AvgIpc) is 0.992. The molecule has 9 aromatic carbocycles. The molecule has 0 fully saturated rings. The van der Waals surface area contributed by atoms with E-state index in [9.17, 15) is 24.0 Å². The van der Waals surface area contributed by atoms with Crippen molar-refractivity contribution >= 4 is 87.3 Å². The number of benzene rings is 9. The summed E-state index contributed by atoms with van der Waals surface area (Å²) >= 11 is 0. The summed E-state index contributed by atoms with van der Waals surface area (Å²) in [6.45, 7) is 7.60. The van der Waals surface area contributed by atoms with Crippen molar-refractivity contribution in [3.63, 3.8) is 0 Å². The van der Waals surface area contributed by atoms with Crippen LogP contribution >= 0.6 is 0 Å². The predicted octanol–water partition coefficient (Wildman–Crippen LogP) is 16.1. The number of aryl methyl sites for hydroxylation is 4. The van der Waals surface area contributed by atoms with Gasteiger partial charge < -0.3 is 76.7 Å². The topological polar surface area (TPSA) is 464 Å². The van der Waals surface area contributed by atoms with Crippen LogP contribution in [0.2, 0.25) is 0 Å². The number of fused-ring (bicyclic) bond motifs is 5. The van der Waals surface area contributed by atoms with Gasteiger partial charge in [0.1, 0.15) is 77.3 Å². The third-order valence-corrected chi connectivity index (χ3v) is 15.6. The molecule has 15 aromatic rings. The molecule has 0 saturated carbocycles. The number of carboxylic acids is 5. The molecule has 6 aromatic heterocycles. The number of imidazole rings is 1. The van der Waals surface area contributed by atoms with Crippen molar-refractivity contribution in [2.24, 2.45) is 7.05 Å². The van der Waals surface area contributed by atoms with E-state index in [-0.39, 0.29) is 64.1 Å². The lowest BCUT2D eigenvalue weighted by Gasteiger charge is -2.19. The maximum absolute atomic E-state index is 10.9. The minimum atomic E-state index is -1.06. The van der Waals surface area contributed by atoms with Gasteiger partial charge in [0.25, 0.3) is 0 Å². The molecule has 0 amide bonds. The zero-order valence-corrected chi connectivity index (χ0v) is 64.1. The zero-order valence-electron chi connectivity index (χ0n) is 64.1. The molecule has 2 aliphatic heterocycles. The van der Waals surface area contributed by atoms with Gasteiger partial charge in [-0.3, -0.25) is 0 Å². The van der Waals surface area contributed by atoms with Gasteiger partial charge in [-0.05, 0) is 176 Å². The number of carboxylic acid groups (broad SMARTS) is 5. The Morgan fingerprint density at radius 3 is 1.45 bits per heavy atom. The van der Waals surface area contributed by atoms with Gasteiger partial charge in [0.05, 0.1) is 30.0 Å². The first-order valence-electron chi connectivity index (χ1n) is 34.9. The molecule has 17 rings (SSSR count). The van der Waals surface area contributed by atoms with E-state index in [4.69, 9.17) is 106 Å². The number of aromatic carboxylic acids is 5. The van der Waals surface area contributed by atoms with Crippen LogP contribution in [-0.4, -0.2) is 131 Å². The summed E-state index contributed by atoms with van der Waals surface area (Å²) in [5.74, 6) is -0.319. The minimum absolute atomic E-state index is 0.0475. The number of hydrogen-bond acceptors (Lipinski definition) is 24. The summed E-state index contributed by atoms with van der Waals surface area (Å²) in [4.78, 5) is 126. The summed E-state index contributed by atoms with van der Waals surface area (Å²) in [6.07, 6.45) is 13.2. The van der Waals surface area contributed by atoms with Crippen molar-refractivity contribution in [2.75, 3.05) is 26.4 Å². The molecule has 0 bridgehead atoms. The van der Waals surface area contributed by atoms with Gasteiger partial charge >= 0.3 is 54.5 Å². The monoisotopic (exact) mass is 1630 g/mol. The molecule has 0 aliphatic carbocycles. The normalized spacial score (nSPS) is 10.1. The molecule has 31 heteroatoms. The third-order valence-electron chi connectivity index (χ3n) is 15.6. The van der Waals surface area contributed by atoms with Crippen LogP contribution < -0.4 is 23.7 Å². The number of phenols is 1. The zero-order chi connectivity index (χ0) is 87.6. The molecular formula is C89H74N4O27. The molecule has 0 radical (unpaired) electrons. The number of aromatic nitrogens is 4. The summed E-state index contributed by atoms with van der Waals surface area (Å²) in [6, 6.07) is 74.4. The molecule has 612 valence electrons. The van der Waals surface area contributed by atoms with Gasteiger partial charge in [-0.15, -0.1) is 0 Å². The van der Waals surface area contributed by atoms with Crippen LogP contribution in [0.3, 0.4) is 0 Å². The molecule has 31 nitrogen and oxygen atoms in total. The molecule has 0 saturated heterocycles. The van der Waals surface area contributed by atoms with Crippen molar-refractivity contribution < 1.29 is 130 Å². The third kappa shape index (κ3) is 31.5. The van der Waals surface area contributed by atoms with Crippen molar-refractivity contribution in [2.45, 2.75) is 20.8 Å². The average molecular weight is 1630 g/mol. The van der Waals surface area contributed by atoms with Crippen molar-refractivity contribution in [1.29, 1.82) is 0 Å². The fourth-order valence-corrected chi connectivity index (χ4v) is 10.2. The molecule has 120 heavy (non-hydrogen) atoms. The van der Waals surface area contributed by atoms with E-state index in [1.165, 1.54) is 46.2 Å². The van der Waals surface area contributed by atoms with Crippen LogP contribution in [0.5, 0.6) is 40.4 Å². The molecular weight excluding hydrogens is 1560 g/mol. The molecule has 0 unspecified atom stereocenters. The summed E-state index contributed by atoms with van der Waals surface area (Å²) in [7, 11) is 2.06. The van der Waals surface area contributed by atoms with Crippen LogP contribution in [-0.2, 0) is 45.4 Å². The number of hydrogen-bond donors (Lipinski definition) is 6. The number of ether oxygens (including phenoxy) is 5. The van der Waals surface area contributed by atoms with Gasteiger partial charge in [0.15, 0.2) is 23.0 Å². The van der Waals surface area contributed by atoms with Gasteiger partial charge in [-0.1, -0.05) is 115 Å². The Balaban J connectivity index is 0.000000237. The lowest BCUT2D eigenvalue weighted by atomic mass is 10.0. The highest BCUT2D eigenvalue weighted by atomic mass is 16.6. The van der Waals surface area contributed by atoms with Gasteiger partial charge in [0.2, 0.25) is 5.88 Å².